The van der Waals surface area contributed by atoms with Crippen molar-refractivity contribution >= 4 is 21.8 Å². The summed E-state index contributed by atoms with van der Waals surface area (Å²) in [5, 5.41) is 0. The highest BCUT2D eigenvalue weighted by Gasteiger charge is 2.44. The summed E-state index contributed by atoms with van der Waals surface area (Å²) in [5.74, 6) is 0.283. The molecule has 1 aromatic rings. The number of amides is 1. The smallest absolute Gasteiger partial charge is 0.242 e. The third-order valence-corrected chi connectivity index (χ3v) is 5.69. The topological polar surface area (TPSA) is 44.4 Å². The standard InChI is InChI=1S/C17H23BrFN3O/c1-10(2)15-14(18)16(21-20-15)17(23)22(13-7-8-13)9-11-3-5-12(19)6-4-11/h3-6,10,13-16,20-21H,7-9H2,1-2H3. The Bertz CT molecular complexity index is 561. The predicted octanol–water partition coefficient (Wildman–Crippen LogP) is 2.58. The zero-order valence-corrected chi connectivity index (χ0v) is 15.0. The van der Waals surface area contributed by atoms with Crippen molar-refractivity contribution in [3.05, 3.63) is 35.6 Å². The molecule has 2 aliphatic rings. The molecule has 0 spiro atoms. The lowest BCUT2D eigenvalue weighted by Gasteiger charge is -2.27. The number of alkyl halides is 1. The van der Waals surface area contributed by atoms with E-state index in [9.17, 15) is 9.18 Å². The fraction of sp³-hybridized carbons (Fsp3) is 0.588. The van der Waals surface area contributed by atoms with Gasteiger partial charge in [-0.05, 0) is 36.5 Å². The molecule has 1 aliphatic carbocycles. The van der Waals surface area contributed by atoms with Crippen LogP contribution in [-0.2, 0) is 11.3 Å². The SMILES string of the molecule is CC(C)C1NNC(C(=O)N(Cc2ccc(F)cc2)C2CC2)C1Br. The summed E-state index contributed by atoms with van der Waals surface area (Å²) in [6, 6.07) is 6.65. The highest BCUT2D eigenvalue weighted by Crippen LogP contribution is 2.31. The maximum Gasteiger partial charge on any atom is 0.242 e. The van der Waals surface area contributed by atoms with Crippen molar-refractivity contribution in [2.24, 2.45) is 5.92 Å². The first kappa shape index (κ1) is 16.9. The van der Waals surface area contributed by atoms with Gasteiger partial charge in [-0.25, -0.2) is 9.82 Å². The van der Waals surface area contributed by atoms with E-state index in [0.717, 1.165) is 18.4 Å². The molecule has 3 unspecified atom stereocenters. The van der Waals surface area contributed by atoms with Gasteiger partial charge in [-0.2, -0.15) is 0 Å². The molecule has 1 amide bonds. The van der Waals surface area contributed by atoms with Crippen LogP contribution in [0.15, 0.2) is 24.3 Å². The highest BCUT2D eigenvalue weighted by molar-refractivity contribution is 9.09. The minimum Gasteiger partial charge on any atom is -0.334 e. The molecule has 126 valence electrons. The normalized spacial score (nSPS) is 27.4. The van der Waals surface area contributed by atoms with Crippen LogP contribution in [0.2, 0.25) is 0 Å². The summed E-state index contributed by atoms with van der Waals surface area (Å²) >= 11 is 3.68. The number of hydrogen-bond donors (Lipinski definition) is 2. The van der Waals surface area contributed by atoms with Gasteiger partial charge in [-0.1, -0.05) is 41.9 Å². The number of rotatable bonds is 5. The lowest BCUT2D eigenvalue weighted by atomic mass is 9.99. The first-order valence-corrected chi connectivity index (χ1v) is 9.09. The molecule has 4 nitrogen and oxygen atoms in total. The largest absolute Gasteiger partial charge is 0.334 e. The summed E-state index contributed by atoms with van der Waals surface area (Å²) in [4.78, 5) is 15.0. The zero-order valence-electron chi connectivity index (χ0n) is 13.4. The Hall–Kier alpha value is -0.980. The van der Waals surface area contributed by atoms with Gasteiger partial charge in [-0.3, -0.25) is 10.2 Å². The number of nitrogens with zero attached hydrogens (tertiary/aromatic N) is 1. The average Bonchev–Trinajstić information content (AvgIpc) is 3.28. The second kappa shape index (κ2) is 6.87. The summed E-state index contributed by atoms with van der Waals surface area (Å²) in [7, 11) is 0. The van der Waals surface area contributed by atoms with Gasteiger partial charge in [0.25, 0.3) is 0 Å². The molecular formula is C17H23BrFN3O. The van der Waals surface area contributed by atoms with Crippen LogP contribution in [0, 0.1) is 11.7 Å². The van der Waals surface area contributed by atoms with Gasteiger partial charge in [-0.15, -0.1) is 0 Å². The van der Waals surface area contributed by atoms with Crippen LogP contribution >= 0.6 is 15.9 Å². The van der Waals surface area contributed by atoms with Gasteiger partial charge in [0.05, 0.1) is 4.83 Å². The average molecular weight is 384 g/mol. The first-order valence-electron chi connectivity index (χ1n) is 8.17. The van der Waals surface area contributed by atoms with Gasteiger partial charge in [0.1, 0.15) is 11.9 Å². The molecule has 3 rings (SSSR count). The lowest BCUT2D eigenvalue weighted by molar-refractivity contribution is -0.134. The molecule has 3 atom stereocenters. The highest BCUT2D eigenvalue weighted by atomic mass is 79.9. The first-order chi connectivity index (χ1) is 11.0. The van der Waals surface area contributed by atoms with E-state index in [-0.39, 0.29) is 28.6 Å². The van der Waals surface area contributed by atoms with Gasteiger partial charge in [0, 0.05) is 18.6 Å². The van der Waals surface area contributed by atoms with E-state index in [1.54, 1.807) is 12.1 Å². The van der Waals surface area contributed by atoms with Crippen molar-refractivity contribution in [3.63, 3.8) is 0 Å². The molecule has 1 saturated heterocycles. The number of hydrazine groups is 1. The van der Waals surface area contributed by atoms with Crippen molar-refractivity contribution in [1.29, 1.82) is 0 Å². The molecule has 1 heterocycles. The van der Waals surface area contributed by atoms with Crippen molar-refractivity contribution in [1.82, 2.24) is 15.8 Å². The molecule has 2 fully saturated rings. The summed E-state index contributed by atoms with van der Waals surface area (Å²) in [5.41, 5.74) is 7.34. The van der Waals surface area contributed by atoms with Crippen molar-refractivity contribution in [3.8, 4) is 0 Å². The second-order valence-corrected chi connectivity index (χ2v) is 7.86. The van der Waals surface area contributed by atoms with Gasteiger partial charge >= 0.3 is 0 Å². The minimum absolute atomic E-state index is 0.0597. The van der Waals surface area contributed by atoms with Crippen LogP contribution in [0.3, 0.4) is 0 Å². The second-order valence-electron chi connectivity index (χ2n) is 6.80. The van der Waals surface area contributed by atoms with Crippen molar-refractivity contribution in [2.45, 2.75) is 56.2 Å². The Kier molecular flexibility index (Phi) is 5.04. The van der Waals surface area contributed by atoms with E-state index in [1.165, 1.54) is 12.1 Å². The fourth-order valence-corrected chi connectivity index (χ4v) is 4.12. The van der Waals surface area contributed by atoms with Crippen LogP contribution in [0.4, 0.5) is 4.39 Å². The summed E-state index contributed by atoms with van der Waals surface area (Å²) < 4.78 is 13.1. The molecule has 0 aromatic heterocycles. The maximum absolute atomic E-state index is 13.1. The molecule has 1 saturated carbocycles. The number of halogens is 2. The Morgan fingerprint density at radius 2 is 1.96 bits per heavy atom. The van der Waals surface area contributed by atoms with Crippen LogP contribution in [0.25, 0.3) is 0 Å². The maximum atomic E-state index is 13.1. The Labute approximate surface area is 144 Å². The third-order valence-electron chi connectivity index (χ3n) is 4.59. The van der Waals surface area contributed by atoms with Crippen molar-refractivity contribution in [2.75, 3.05) is 0 Å². The lowest BCUT2D eigenvalue weighted by Crippen LogP contribution is -2.48. The quantitative estimate of drug-likeness (QED) is 0.768. The molecule has 6 heteroatoms. The number of carbonyl (C=O) groups is 1. The zero-order chi connectivity index (χ0) is 16.6. The molecule has 2 N–H and O–H groups in total. The van der Waals surface area contributed by atoms with E-state index in [1.807, 2.05) is 4.90 Å². The number of nitrogens with one attached hydrogen (secondary N) is 2. The third kappa shape index (κ3) is 3.75. The number of hydrogen-bond acceptors (Lipinski definition) is 3. The van der Waals surface area contributed by atoms with Crippen LogP contribution in [0.5, 0.6) is 0 Å². The van der Waals surface area contributed by atoms with E-state index in [4.69, 9.17) is 0 Å². The molecule has 1 aromatic carbocycles. The number of benzene rings is 1. The monoisotopic (exact) mass is 383 g/mol. The summed E-state index contributed by atoms with van der Waals surface area (Å²) in [6.45, 7) is 4.81. The Morgan fingerprint density at radius 1 is 1.30 bits per heavy atom. The van der Waals surface area contributed by atoms with E-state index >= 15 is 0 Å². The molecule has 0 radical (unpaired) electrons. The molecule has 23 heavy (non-hydrogen) atoms. The summed E-state index contributed by atoms with van der Waals surface area (Å²) in [6.07, 6.45) is 2.10. The van der Waals surface area contributed by atoms with Crippen LogP contribution in [-0.4, -0.2) is 33.8 Å². The van der Waals surface area contributed by atoms with Crippen molar-refractivity contribution < 1.29 is 9.18 Å². The van der Waals surface area contributed by atoms with E-state index in [0.29, 0.717) is 18.5 Å². The number of carbonyl (C=O) groups excluding carboxylic acids is 1. The molecule has 0 bridgehead atoms. The Morgan fingerprint density at radius 3 is 2.48 bits per heavy atom. The Balaban J connectivity index is 1.71. The fourth-order valence-electron chi connectivity index (χ4n) is 3.02. The van der Waals surface area contributed by atoms with Crippen LogP contribution < -0.4 is 10.9 Å². The molecular weight excluding hydrogens is 361 g/mol. The van der Waals surface area contributed by atoms with E-state index in [2.05, 4.69) is 40.6 Å². The van der Waals surface area contributed by atoms with Crippen LogP contribution in [0.1, 0.15) is 32.3 Å². The van der Waals surface area contributed by atoms with Gasteiger partial charge < -0.3 is 4.90 Å². The van der Waals surface area contributed by atoms with Gasteiger partial charge in [0.2, 0.25) is 5.91 Å². The van der Waals surface area contributed by atoms with E-state index < -0.39 is 0 Å². The molecule has 1 aliphatic heterocycles. The predicted molar refractivity (Wildman–Crippen MR) is 91.4 cm³/mol. The minimum atomic E-state index is -0.275. The van der Waals surface area contributed by atoms with Gasteiger partial charge in [0.15, 0.2) is 0 Å².